The van der Waals surface area contributed by atoms with Crippen LogP contribution in [0.4, 0.5) is 30.7 Å². The molecule has 0 saturated carbocycles. The Labute approximate surface area is 173 Å². The number of halogens is 7. The fraction of sp³-hybridized carbons (Fsp3) is 0.368. The van der Waals surface area contributed by atoms with Gasteiger partial charge in [0.25, 0.3) is 10.1 Å². The van der Waals surface area contributed by atoms with E-state index >= 15 is 0 Å². The van der Waals surface area contributed by atoms with Gasteiger partial charge >= 0.3 is 18.0 Å². The minimum Gasteiger partial charge on any atom is -0.346 e. The average molecular weight is 474 g/mol. The summed E-state index contributed by atoms with van der Waals surface area (Å²) >= 11 is 0. The summed E-state index contributed by atoms with van der Waals surface area (Å²) in [6.07, 6.45) is -11.6. The summed E-state index contributed by atoms with van der Waals surface area (Å²) in [5.74, 6) is -12.2. The SMILES string of the molecule is Cc1ccc(S(=O)(=O)O[C@@H](CC(F)(F)C(F)(F)C(F)(F)F)OCc2ccccc2)cc1. The van der Waals surface area contributed by atoms with E-state index in [1.807, 2.05) is 0 Å². The summed E-state index contributed by atoms with van der Waals surface area (Å²) in [5, 5.41) is 0. The van der Waals surface area contributed by atoms with Crippen LogP contribution in [-0.4, -0.2) is 32.7 Å². The molecular weight excluding hydrogens is 457 g/mol. The number of alkyl halides is 7. The van der Waals surface area contributed by atoms with E-state index in [0.29, 0.717) is 11.1 Å². The van der Waals surface area contributed by atoms with Crippen LogP contribution in [0.1, 0.15) is 17.5 Å². The van der Waals surface area contributed by atoms with Crippen LogP contribution in [0.25, 0.3) is 0 Å². The van der Waals surface area contributed by atoms with Crippen LogP contribution in [0.5, 0.6) is 0 Å². The van der Waals surface area contributed by atoms with E-state index in [2.05, 4.69) is 4.18 Å². The van der Waals surface area contributed by atoms with Crippen molar-refractivity contribution in [2.45, 2.75) is 49.2 Å². The number of hydrogen-bond donors (Lipinski definition) is 0. The first-order valence-electron chi connectivity index (χ1n) is 8.63. The highest BCUT2D eigenvalue weighted by Gasteiger charge is 2.73. The molecule has 172 valence electrons. The van der Waals surface area contributed by atoms with Crippen LogP contribution in [-0.2, 0) is 25.6 Å². The Balaban J connectivity index is 2.30. The van der Waals surface area contributed by atoms with E-state index in [9.17, 15) is 39.2 Å². The van der Waals surface area contributed by atoms with Crippen LogP contribution in [0.15, 0.2) is 59.5 Å². The van der Waals surface area contributed by atoms with Crippen molar-refractivity contribution in [3.8, 4) is 0 Å². The van der Waals surface area contributed by atoms with Crippen molar-refractivity contribution >= 4 is 10.1 Å². The Morgan fingerprint density at radius 3 is 1.94 bits per heavy atom. The fourth-order valence-corrected chi connectivity index (χ4v) is 3.32. The molecule has 0 aliphatic rings. The third kappa shape index (κ3) is 6.17. The van der Waals surface area contributed by atoms with Gasteiger partial charge < -0.3 is 4.74 Å². The lowest BCUT2D eigenvalue weighted by Crippen LogP contribution is -2.53. The summed E-state index contributed by atoms with van der Waals surface area (Å²) in [7, 11) is -4.82. The molecule has 0 fully saturated rings. The lowest BCUT2D eigenvalue weighted by atomic mass is 10.1. The highest BCUT2D eigenvalue weighted by molar-refractivity contribution is 7.86. The van der Waals surface area contributed by atoms with Gasteiger partial charge in [-0.3, -0.25) is 0 Å². The van der Waals surface area contributed by atoms with Crippen LogP contribution in [0.3, 0.4) is 0 Å². The van der Waals surface area contributed by atoms with Gasteiger partial charge in [-0.25, -0.2) is 4.18 Å². The summed E-state index contributed by atoms with van der Waals surface area (Å²) in [6.45, 7) is 1.05. The normalized spacial score (nSPS) is 14.5. The number of benzene rings is 2. The molecule has 12 heteroatoms. The van der Waals surface area contributed by atoms with Crippen molar-refractivity contribution in [3.05, 3.63) is 65.7 Å². The molecule has 0 aliphatic heterocycles. The zero-order valence-corrected chi connectivity index (χ0v) is 16.7. The first-order chi connectivity index (χ1) is 14.2. The van der Waals surface area contributed by atoms with Gasteiger partial charge in [0, 0.05) is 0 Å². The van der Waals surface area contributed by atoms with Gasteiger partial charge in [0.15, 0.2) is 6.29 Å². The maximum atomic E-state index is 13.9. The van der Waals surface area contributed by atoms with E-state index in [1.54, 1.807) is 13.0 Å². The second-order valence-electron chi connectivity index (χ2n) is 6.57. The summed E-state index contributed by atoms with van der Waals surface area (Å²) in [4.78, 5) is -0.516. The topological polar surface area (TPSA) is 52.6 Å². The molecule has 0 spiro atoms. The molecule has 0 unspecified atom stereocenters. The van der Waals surface area contributed by atoms with Crippen LogP contribution in [0.2, 0.25) is 0 Å². The minimum absolute atomic E-state index is 0.315. The smallest absolute Gasteiger partial charge is 0.346 e. The Kier molecular flexibility index (Phi) is 7.39. The van der Waals surface area contributed by atoms with Crippen molar-refractivity contribution in [2.75, 3.05) is 0 Å². The van der Waals surface area contributed by atoms with Crippen LogP contribution < -0.4 is 0 Å². The van der Waals surface area contributed by atoms with E-state index in [0.717, 1.165) is 12.1 Å². The third-order valence-electron chi connectivity index (χ3n) is 4.06. The number of aryl methyl sites for hydroxylation is 1. The Hall–Kier alpha value is -2.18. The van der Waals surface area contributed by atoms with Crippen molar-refractivity contribution in [3.63, 3.8) is 0 Å². The lowest BCUT2D eigenvalue weighted by Gasteiger charge is -2.30. The maximum absolute atomic E-state index is 13.9. The van der Waals surface area contributed by atoms with Gasteiger partial charge in [0.05, 0.1) is 17.9 Å². The van der Waals surface area contributed by atoms with Gasteiger partial charge in [0.2, 0.25) is 0 Å². The molecule has 0 amide bonds. The largest absolute Gasteiger partial charge is 0.459 e. The molecule has 0 heterocycles. The monoisotopic (exact) mass is 474 g/mol. The maximum Gasteiger partial charge on any atom is 0.459 e. The molecular formula is C19H17F7O4S. The second kappa shape index (κ2) is 9.13. The Morgan fingerprint density at radius 1 is 0.871 bits per heavy atom. The van der Waals surface area contributed by atoms with E-state index in [-0.39, 0.29) is 0 Å². The molecule has 0 N–H and O–H groups in total. The summed E-state index contributed by atoms with van der Waals surface area (Å²) in [5.41, 5.74) is 0.960. The predicted octanol–water partition coefficient (Wildman–Crippen LogP) is 5.47. The molecule has 4 nitrogen and oxygen atoms in total. The molecule has 0 bridgehead atoms. The Morgan fingerprint density at radius 2 is 1.42 bits per heavy atom. The average Bonchev–Trinajstić information content (AvgIpc) is 2.66. The molecule has 0 aromatic heterocycles. The van der Waals surface area contributed by atoms with E-state index in [4.69, 9.17) is 4.74 Å². The number of hydrogen-bond acceptors (Lipinski definition) is 4. The van der Waals surface area contributed by atoms with E-state index < -0.39 is 52.4 Å². The highest BCUT2D eigenvalue weighted by Crippen LogP contribution is 2.49. The molecule has 0 radical (unpaired) electrons. The lowest BCUT2D eigenvalue weighted by molar-refractivity contribution is -0.362. The molecule has 1 atom stereocenters. The standard InChI is InChI=1S/C19H17F7O4S/c1-13-7-9-15(10-8-13)31(27,28)30-16(29-12-14-5-3-2-4-6-14)11-17(20,21)18(22,23)19(24,25)26/h2-10,16H,11-12H2,1H3/t16-/m0/s1. The predicted molar refractivity (Wildman–Crippen MR) is 95.0 cm³/mol. The molecule has 2 rings (SSSR count). The molecule has 2 aromatic carbocycles. The summed E-state index contributed by atoms with van der Waals surface area (Å²) < 4.78 is 126. The van der Waals surface area contributed by atoms with Gasteiger partial charge in [-0.1, -0.05) is 48.0 Å². The van der Waals surface area contributed by atoms with Crippen molar-refractivity contribution in [2.24, 2.45) is 0 Å². The van der Waals surface area contributed by atoms with Gasteiger partial charge in [0.1, 0.15) is 0 Å². The third-order valence-corrected chi connectivity index (χ3v) is 5.38. The summed E-state index contributed by atoms with van der Waals surface area (Å²) in [6, 6.07) is 12.3. The molecule has 31 heavy (non-hydrogen) atoms. The highest BCUT2D eigenvalue weighted by atomic mass is 32.2. The first-order valence-corrected chi connectivity index (χ1v) is 10.0. The van der Waals surface area contributed by atoms with Crippen molar-refractivity contribution in [1.82, 2.24) is 0 Å². The van der Waals surface area contributed by atoms with Gasteiger partial charge in [-0.05, 0) is 24.6 Å². The van der Waals surface area contributed by atoms with E-state index in [1.165, 1.54) is 36.4 Å². The molecule has 0 aliphatic carbocycles. The number of ether oxygens (including phenoxy) is 1. The van der Waals surface area contributed by atoms with Crippen molar-refractivity contribution < 1.29 is 48.1 Å². The van der Waals surface area contributed by atoms with Crippen LogP contribution >= 0.6 is 0 Å². The second-order valence-corrected chi connectivity index (χ2v) is 8.14. The quantitative estimate of drug-likeness (QED) is 0.275. The van der Waals surface area contributed by atoms with Crippen LogP contribution in [0, 0.1) is 6.92 Å². The first kappa shape index (κ1) is 25.1. The van der Waals surface area contributed by atoms with Gasteiger partial charge in [-0.2, -0.15) is 39.2 Å². The fourth-order valence-electron chi connectivity index (χ4n) is 2.33. The zero-order chi connectivity index (χ0) is 23.5. The van der Waals surface area contributed by atoms with Gasteiger partial charge in [-0.15, -0.1) is 0 Å². The zero-order valence-electron chi connectivity index (χ0n) is 15.9. The molecule has 2 aromatic rings. The van der Waals surface area contributed by atoms with Crippen molar-refractivity contribution in [1.29, 1.82) is 0 Å². The number of rotatable bonds is 9. The molecule has 0 saturated heterocycles. The Bertz CT molecular complexity index is 959. The minimum atomic E-state index is -6.57.